The minimum absolute atomic E-state index is 0.164. The van der Waals surface area contributed by atoms with E-state index in [-0.39, 0.29) is 12.6 Å². The number of nitrogens with one attached hydrogen (secondary N) is 1. The Balaban J connectivity index is 1.59. The molecule has 148 valence electrons. The Morgan fingerprint density at radius 2 is 2.14 bits per heavy atom. The van der Waals surface area contributed by atoms with E-state index in [9.17, 15) is 10.2 Å². The average Bonchev–Trinajstić information content (AvgIpc) is 3.25. The molecule has 0 radical (unpaired) electrons. The zero-order valence-electron chi connectivity index (χ0n) is 15.5. The van der Waals surface area contributed by atoms with Crippen LogP contribution in [0.3, 0.4) is 0 Å². The third-order valence-corrected chi connectivity index (χ3v) is 5.17. The molecule has 1 unspecified atom stereocenters. The summed E-state index contributed by atoms with van der Waals surface area (Å²) in [5, 5.41) is 23.2. The first kappa shape index (κ1) is 19.1. The van der Waals surface area contributed by atoms with Crippen LogP contribution in [-0.4, -0.2) is 49.6 Å². The number of hydrogen-bond acceptors (Lipinski definition) is 6. The van der Waals surface area contributed by atoms with Gasteiger partial charge in [0.1, 0.15) is 23.0 Å². The predicted octanol–water partition coefficient (Wildman–Crippen LogP) is 2.77. The highest BCUT2D eigenvalue weighted by Gasteiger charge is 2.35. The number of ether oxygens (including phenoxy) is 1. The van der Waals surface area contributed by atoms with Crippen molar-refractivity contribution in [2.75, 3.05) is 11.9 Å². The number of aromatic nitrogens is 3. The standard InChI is InChI=1S/C20H23ClN4O3/c1-12(7-13-5-3-2-4-6-13)23-14-8-17(21)24-20-19(14)22-11-25(20)18-9-15(27)16(10-26)28-18/h2-6,8,11-12,15-16,18,26-27H,7,9-10H2,1H3,(H,23,24)/t12?,15-,16+,18+/m0/s1. The van der Waals surface area contributed by atoms with Crippen LogP contribution in [0.1, 0.15) is 25.1 Å². The molecule has 0 aliphatic carbocycles. The number of pyridine rings is 1. The molecule has 0 amide bonds. The van der Waals surface area contributed by atoms with Gasteiger partial charge in [-0.05, 0) is 18.9 Å². The van der Waals surface area contributed by atoms with Crippen molar-refractivity contribution < 1.29 is 14.9 Å². The van der Waals surface area contributed by atoms with E-state index in [2.05, 4.69) is 34.3 Å². The molecule has 8 heteroatoms. The maximum absolute atomic E-state index is 10.0. The fourth-order valence-electron chi connectivity index (χ4n) is 3.63. The van der Waals surface area contributed by atoms with Crippen LogP contribution in [0.4, 0.5) is 5.69 Å². The van der Waals surface area contributed by atoms with Gasteiger partial charge in [-0.2, -0.15) is 0 Å². The summed E-state index contributed by atoms with van der Waals surface area (Å²) in [5.41, 5.74) is 3.31. The average molecular weight is 403 g/mol. The van der Waals surface area contributed by atoms with Gasteiger partial charge in [-0.25, -0.2) is 9.97 Å². The zero-order chi connectivity index (χ0) is 19.7. The van der Waals surface area contributed by atoms with Crippen molar-refractivity contribution in [3.05, 3.63) is 53.4 Å². The third-order valence-electron chi connectivity index (χ3n) is 4.98. The summed E-state index contributed by atoms with van der Waals surface area (Å²) < 4.78 is 7.49. The molecule has 3 N–H and O–H groups in total. The largest absolute Gasteiger partial charge is 0.394 e. The van der Waals surface area contributed by atoms with Crippen LogP contribution in [0.5, 0.6) is 0 Å². The number of aliphatic hydroxyl groups is 2. The van der Waals surface area contributed by atoms with Gasteiger partial charge >= 0.3 is 0 Å². The molecule has 3 heterocycles. The Morgan fingerprint density at radius 1 is 1.36 bits per heavy atom. The Kier molecular flexibility index (Phi) is 5.50. The first-order valence-electron chi connectivity index (χ1n) is 9.33. The highest BCUT2D eigenvalue weighted by molar-refractivity contribution is 6.30. The molecule has 2 aromatic heterocycles. The fourth-order valence-corrected chi connectivity index (χ4v) is 3.82. The van der Waals surface area contributed by atoms with Gasteiger partial charge in [0, 0.05) is 18.5 Å². The highest BCUT2D eigenvalue weighted by atomic mass is 35.5. The molecular weight excluding hydrogens is 380 g/mol. The van der Waals surface area contributed by atoms with Gasteiger partial charge in [0.05, 0.1) is 24.7 Å². The second kappa shape index (κ2) is 8.05. The molecule has 4 atom stereocenters. The normalized spacial score (nSPS) is 23.2. The molecule has 0 bridgehead atoms. The van der Waals surface area contributed by atoms with E-state index in [1.807, 2.05) is 18.2 Å². The Hall–Kier alpha value is -2.19. The molecule has 7 nitrogen and oxygen atoms in total. The van der Waals surface area contributed by atoms with E-state index in [1.165, 1.54) is 5.56 Å². The van der Waals surface area contributed by atoms with Crippen LogP contribution < -0.4 is 5.32 Å². The van der Waals surface area contributed by atoms with Gasteiger partial charge in [0.15, 0.2) is 5.65 Å². The lowest BCUT2D eigenvalue weighted by Crippen LogP contribution is -2.24. The number of aliphatic hydroxyl groups excluding tert-OH is 2. The van der Waals surface area contributed by atoms with Gasteiger partial charge in [-0.1, -0.05) is 41.9 Å². The number of fused-ring (bicyclic) bond motifs is 1. The Morgan fingerprint density at radius 3 is 2.86 bits per heavy atom. The van der Waals surface area contributed by atoms with Crippen molar-refractivity contribution in [3.63, 3.8) is 0 Å². The summed E-state index contributed by atoms with van der Waals surface area (Å²) in [4.78, 5) is 8.91. The molecule has 4 rings (SSSR count). The van der Waals surface area contributed by atoms with E-state index in [1.54, 1.807) is 17.0 Å². The molecule has 0 saturated carbocycles. The summed E-state index contributed by atoms with van der Waals surface area (Å²) in [7, 11) is 0. The molecule has 28 heavy (non-hydrogen) atoms. The lowest BCUT2D eigenvalue weighted by atomic mass is 10.1. The molecule has 1 saturated heterocycles. The number of hydrogen-bond donors (Lipinski definition) is 3. The van der Waals surface area contributed by atoms with Gasteiger partial charge in [-0.15, -0.1) is 0 Å². The van der Waals surface area contributed by atoms with Crippen LogP contribution in [0.25, 0.3) is 11.2 Å². The number of benzene rings is 1. The van der Waals surface area contributed by atoms with Gasteiger partial charge in [0.2, 0.25) is 0 Å². The van der Waals surface area contributed by atoms with Crippen molar-refractivity contribution in [2.24, 2.45) is 0 Å². The van der Waals surface area contributed by atoms with Crippen molar-refractivity contribution in [1.29, 1.82) is 0 Å². The number of halogens is 1. The quantitative estimate of drug-likeness (QED) is 0.549. The van der Waals surface area contributed by atoms with Gasteiger partial charge < -0.3 is 20.3 Å². The van der Waals surface area contributed by atoms with Crippen molar-refractivity contribution in [3.8, 4) is 0 Å². The van der Waals surface area contributed by atoms with Crippen LogP contribution in [0.2, 0.25) is 5.15 Å². The summed E-state index contributed by atoms with van der Waals surface area (Å²) >= 11 is 6.27. The summed E-state index contributed by atoms with van der Waals surface area (Å²) in [6.45, 7) is 1.87. The molecule has 1 fully saturated rings. The number of rotatable bonds is 6. The zero-order valence-corrected chi connectivity index (χ0v) is 16.3. The van der Waals surface area contributed by atoms with E-state index in [0.29, 0.717) is 22.7 Å². The second-order valence-corrected chi connectivity index (χ2v) is 7.55. The fraction of sp³-hybridized carbons (Fsp3) is 0.400. The number of anilines is 1. The summed E-state index contributed by atoms with van der Waals surface area (Å²) in [5.74, 6) is 0. The molecule has 1 aliphatic heterocycles. The van der Waals surface area contributed by atoms with Crippen LogP contribution in [0.15, 0.2) is 42.7 Å². The number of imidazole rings is 1. The van der Waals surface area contributed by atoms with Crippen molar-refractivity contribution >= 4 is 28.5 Å². The molecule has 3 aromatic rings. The van der Waals surface area contributed by atoms with Crippen LogP contribution in [-0.2, 0) is 11.2 Å². The molecule has 0 spiro atoms. The molecule has 1 aromatic carbocycles. The summed E-state index contributed by atoms with van der Waals surface area (Å²) in [6.07, 6.45) is 1.08. The first-order valence-corrected chi connectivity index (χ1v) is 9.71. The van der Waals surface area contributed by atoms with E-state index in [4.69, 9.17) is 16.3 Å². The lowest BCUT2D eigenvalue weighted by molar-refractivity contribution is -0.0432. The Bertz CT molecular complexity index is 949. The number of nitrogens with zero attached hydrogens (tertiary/aromatic N) is 3. The topological polar surface area (TPSA) is 92.4 Å². The van der Waals surface area contributed by atoms with Crippen LogP contribution >= 0.6 is 11.6 Å². The monoisotopic (exact) mass is 402 g/mol. The minimum atomic E-state index is -0.727. The van der Waals surface area contributed by atoms with E-state index < -0.39 is 18.4 Å². The van der Waals surface area contributed by atoms with Gasteiger partial charge in [0.25, 0.3) is 0 Å². The Labute approximate surface area is 167 Å². The van der Waals surface area contributed by atoms with E-state index in [0.717, 1.165) is 12.1 Å². The first-order chi connectivity index (χ1) is 13.5. The van der Waals surface area contributed by atoms with Crippen LogP contribution in [0, 0.1) is 0 Å². The lowest BCUT2D eigenvalue weighted by Gasteiger charge is -2.17. The smallest absolute Gasteiger partial charge is 0.165 e. The van der Waals surface area contributed by atoms with Crippen molar-refractivity contribution in [1.82, 2.24) is 14.5 Å². The van der Waals surface area contributed by atoms with Gasteiger partial charge in [-0.3, -0.25) is 4.57 Å². The van der Waals surface area contributed by atoms with Crippen molar-refractivity contribution in [2.45, 2.75) is 44.2 Å². The molecular formula is C20H23ClN4O3. The second-order valence-electron chi connectivity index (χ2n) is 7.17. The summed E-state index contributed by atoms with van der Waals surface area (Å²) in [6, 6.07) is 12.2. The van der Waals surface area contributed by atoms with E-state index >= 15 is 0 Å². The third kappa shape index (κ3) is 3.84. The highest BCUT2D eigenvalue weighted by Crippen LogP contribution is 2.33. The molecule has 1 aliphatic rings. The maximum Gasteiger partial charge on any atom is 0.165 e. The maximum atomic E-state index is 10.0. The minimum Gasteiger partial charge on any atom is -0.394 e. The SMILES string of the molecule is CC(Cc1ccccc1)Nc1cc(Cl)nc2c1ncn2[C@H]1C[C@H](O)[C@@H](CO)O1. The predicted molar refractivity (Wildman–Crippen MR) is 107 cm³/mol.